The number of hydrogen-bond donors (Lipinski definition) is 1. The summed E-state index contributed by atoms with van der Waals surface area (Å²) in [7, 11) is 0. The second-order valence-electron chi connectivity index (χ2n) is 5.94. The maximum absolute atomic E-state index is 12.4. The zero-order chi connectivity index (χ0) is 13.6. The van der Waals surface area contributed by atoms with Crippen LogP contribution >= 0.6 is 0 Å². The smallest absolute Gasteiger partial charge is 0.239 e. The van der Waals surface area contributed by atoms with Crippen molar-refractivity contribution in [2.75, 3.05) is 11.4 Å². The Morgan fingerprint density at radius 3 is 2.74 bits per heavy atom. The first-order valence-corrected chi connectivity index (χ1v) is 6.69. The van der Waals surface area contributed by atoms with Crippen molar-refractivity contribution < 1.29 is 9.59 Å². The monoisotopic (exact) mass is 258 g/mol. The van der Waals surface area contributed by atoms with Crippen molar-refractivity contribution >= 4 is 17.5 Å². The highest BCUT2D eigenvalue weighted by Crippen LogP contribution is 2.37. The molecule has 0 bridgehead atoms. The number of hydrogen-bond acceptors (Lipinski definition) is 3. The summed E-state index contributed by atoms with van der Waals surface area (Å²) in [4.78, 5) is 26.0. The highest BCUT2D eigenvalue weighted by molar-refractivity contribution is 6.22. The Morgan fingerprint density at radius 2 is 2.05 bits per heavy atom. The molecule has 3 rings (SSSR count). The lowest BCUT2D eigenvalue weighted by atomic mass is 9.92. The number of anilines is 1. The summed E-state index contributed by atoms with van der Waals surface area (Å²) in [5, 5.41) is 3.31. The number of carbonyl (C=O) groups excluding carboxylic acids is 2. The van der Waals surface area contributed by atoms with Crippen LogP contribution in [0.1, 0.15) is 31.4 Å². The van der Waals surface area contributed by atoms with Crippen LogP contribution in [0, 0.1) is 5.41 Å². The van der Waals surface area contributed by atoms with Crippen molar-refractivity contribution in [3.63, 3.8) is 0 Å². The van der Waals surface area contributed by atoms with E-state index in [-0.39, 0.29) is 11.8 Å². The highest BCUT2D eigenvalue weighted by Gasteiger charge is 2.46. The SMILES string of the molecule is CC1(C)CC(=O)N(c2cccc3c2CNCC3)C1=O. The van der Waals surface area contributed by atoms with Gasteiger partial charge in [-0.05, 0) is 30.2 Å². The van der Waals surface area contributed by atoms with Crippen LogP contribution in [-0.4, -0.2) is 18.4 Å². The van der Waals surface area contributed by atoms with Gasteiger partial charge >= 0.3 is 0 Å². The molecule has 0 aromatic heterocycles. The molecule has 2 aliphatic rings. The van der Waals surface area contributed by atoms with E-state index in [1.54, 1.807) is 0 Å². The second-order valence-corrected chi connectivity index (χ2v) is 5.94. The van der Waals surface area contributed by atoms with Crippen molar-refractivity contribution in [2.45, 2.75) is 33.2 Å². The molecule has 1 aromatic carbocycles. The van der Waals surface area contributed by atoms with Gasteiger partial charge in [-0.1, -0.05) is 26.0 Å². The van der Waals surface area contributed by atoms with Crippen molar-refractivity contribution in [1.82, 2.24) is 5.32 Å². The molecule has 0 unspecified atom stereocenters. The standard InChI is InChI=1S/C15H18N2O2/c1-15(2)8-13(18)17(14(15)19)12-5-3-4-10-6-7-16-9-11(10)12/h3-5,16H,6-9H2,1-2H3. The maximum Gasteiger partial charge on any atom is 0.239 e. The van der Waals surface area contributed by atoms with E-state index in [2.05, 4.69) is 11.4 Å². The molecule has 1 aromatic rings. The molecule has 2 heterocycles. The third kappa shape index (κ3) is 1.87. The lowest BCUT2D eigenvalue weighted by Gasteiger charge is -2.25. The zero-order valence-corrected chi connectivity index (χ0v) is 11.3. The van der Waals surface area contributed by atoms with Crippen LogP contribution in [0.25, 0.3) is 0 Å². The van der Waals surface area contributed by atoms with Gasteiger partial charge in [-0.3, -0.25) is 9.59 Å². The van der Waals surface area contributed by atoms with Crippen LogP contribution in [0.5, 0.6) is 0 Å². The van der Waals surface area contributed by atoms with Crippen LogP contribution in [0.2, 0.25) is 0 Å². The van der Waals surface area contributed by atoms with Gasteiger partial charge in [0, 0.05) is 13.0 Å². The van der Waals surface area contributed by atoms with E-state index in [1.807, 2.05) is 26.0 Å². The molecule has 4 heteroatoms. The third-order valence-corrected chi connectivity index (χ3v) is 3.99. The van der Waals surface area contributed by atoms with Gasteiger partial charge in [0.2, 0.25) is 11.8 Å². The Morgan fingerprint density at radius 1 is 1.26 bits per heavy atom. The van der Waals surface area contributed by atoms with Crippen molar-refractivity contribution in [1.29, 1.82) is 0 Å². The summed E-state index contributed by atoms with van der Waals surface area (Å²) in [5.41, 5.74) is 2.52. The molecule has 0 atom stereocenters. The van der Waals surface area contributed by atoms with E-state index < -0.39 is 5.41 Å². The molecular weight excluding hydrogens is 240 g/mol. The van der Waals surface area contributed by atoms with E-state index in [9.17, 15) is 9.59 Å². The van der Waals surface area contributed by atoms with Gasteiger partial charge in [-0.25, -0.2) is 4.90 Å². The minimum atomic E-state index is -0.581. The summed E-state index contributed by atoms with van der Waals surface area (Å²) in [6, 6.07) is 5.89. The predicted octanol–water partition coefficient (Wildman–Crippen LogP) is 1.62. The van der Waals surface area contributed by atoms with Gasteiger partial charge in [-0.15, -0.1) is 0 Å². The lowest BCUT2D eigenvalue weighted by Crippen LogP contribution is -2.35. The summed E-state index contributed by atoms with van der Waals surface area (Å²) in [5.74, 6) is -0.176. The molecule has 4 nitrogen and oxygen atoms in total. The van der Waals surface area contributed by atoms with Gasteiger partial charge in [0.05, 0.1) is 11.1 Å². The molecule has 0 aliphatic carbocycles. The van der Waals surface area contributed by atoms with Crippen molar-refractivity contribution in [3.05, 3.63) is 29.3 Å². The summed E-state index contributed by atoms with van der Waals surface area (Å²) >= 11 is 0. The molecule has 19 heavy (non-hydrogen) atoms. The van der Waals surface area contributed by atoms with E-state index in [4.69, 9.17) is 0 Å². The molecule has 1 fully saturated rings. The van der Waals surface area contributed by atoms with Crippen LogP contribution in [0.3, 0.4) is 0 Å². The van der Waals surface area contributed by atoms with E-state index in [0.717, 1.165) is 30.8 Å². The lowest BCUT2D eigenvalue weighted by molar-refractivity contribution is -0.124. The Balaban J connectivity index is 2.08. The zero-order valence-electron chi connectivity index (χ0n) is 11.3. The summed E-state index contributed by atoms with van der Waals surface area (Å²) in [6.07, 6.45) is 1.24. The molecular formula is C15H18N2O2. The fourth-order valence-electron chi connectivity index (χ4n) is 2.90. The Kier molecular flexibility index (Phi) is 2.71. The molecule has 0 radical (unpaired) electrons. The number of nitrogens with one attached hydrogen (secondary N) is 1. The predicted molar refractivity (Wildman–Crippen MR) is 72.7 cm³/mol. The summed E-state index contributed by atoms with van der Waals surface area (Å²) < 4.78 is 0. The van der Waals surface area contributed by atoms with E-state index in [0.29, 0.717) is 6.42 Å². The normalized spacial score (nSPS) is 21.7. The number of nitrogens with zero attached hydrogens (tertiary/aromatic N) is 1. The van der Waals surface area contributed by atoms with Crippen molar-refractivity contribution in [3.8, 4) is 0 Å². The molecule has 2 amide bonds. The van der Waals surface area contributed by atoms with E-state index in [1.165, 1.54) is 10.5 Å². The Bertz CT molecular complexity index is 563. The largest absolute Gasteiger partial charge is 0.312 e. The minimum absolute atomic E-state index is 0.0866. The van der Waals surface area contributed by atoms with Crippen LogP contribution in [0.4, 0.5) is 5.69 Å². The van der Waals surface area contributed by atoms with Crippen LogP contribution in [-0.2, 0) is 22.6 Å². The maximum atomic E-state index is 12.4. The molecule has 2 aliphatic heterocycles. The number of amides is 2. The first-order chi connectivity index (χ1) is 9.00. The number of imide groups is 1. The molecule has 1 N–H and O–H groups in total. The Labute approximate surface area is 112 Å². The van der Waals surface area contributed by atoms with Gasteiger partial charge in [0.15, 0.2) is 0 Å². The Hall–Kier alpha value is -1.68. The van der Waals surface area contributed by atoms with Gasteiger partial charge in [0.25, 0.3) is 0 Å². The molecule has 0 saturated carbocycles. The van der Waals surface area contributed by atoms with Gasteiger partial charge < -0.3 is 5.32 Å². The topological polar surface area (TPSA) is 49.4 Å². The minimum Gasteiger partial charge on any atom is -0.312 e. The average molecular weight is 258 g/mol. The quantitative estimate of drug-likeness (QED) is 0.779. The van der Waals surface area contributed by atoms with Gasteiger partial charge in [-0.2, -0.15) is 0 Å². The highest BCUT2D eigenvalue weighted by atomic mass is 16.2. The number of benzene rings is 1. The number of rotatable bonds is 1. The van der Waals surface area contributed by atoms with E-state index >= 15 is 0 Å². The van der Waals surface area contributed by atoms with Gasteiger partial charge in [0.1, 0.15) is 0 Å². The fraction of sp³-hybridized carbons (Fsp3) is 0.467. The van der Waals surface area contributed by atoms with Crippen LogP contribution in [0.15, 0.2) is 18.2 Å². The molecule has 100 valence electrons. The number of carbonyl (C=O) groups is 2. The fourth-order valence-corrected chi connectivity index (χ4v) is 2.90. The first kappa shape index (κ1) is 12.4. The van der Waals surface area contributed by atoms with Crippen LogP contribution < -0.4 is 10.2 Å². The molecule has 0 spiro atoms. The third-order valence-electron chi connectivity index (χ3n) is 3.99. The average Bonchev–Trinajstić information content (AvgIpc) is 2.58. The molecule has 1 saturated heterocycles. The number of fused-ring (bicyclic) bond motifs is 1. The first-order valence-electron chi connectivity index (χ1n) is 6.69. The summed E-state index contributed by atoms with van der Waals surface area (Å²) in [6.45, 7) is 5.34. The van der Waals surface area contributed by atoms with Crippen molar-refractivity contribution in [2.24, 2.45) is 5.41 Å². The second kappa shape index (κ2) is 4.17.